The molecule has 3 N–H and O–H groups in total. The zero-order valence-electron chi connectivity index (χ0n) is 14.0. The van der Waals surface area contributed by atoms with Gasteiger partial charge in [-0.2, -0.15) is 0 Å². The van der Waals surface area contributed by atoms with Crippen molar-refractivity contribution in [2.24, 2.45) is 0 Å². The van der Waals surface area contributed by atoms with Crippen LogP contribution in [0.25, 0.3) is 0 Å². The third-order valence-corrected chi connectivity index (χ3v) is 4.02. The number of nitrogens with one attached hydrogen (secondary N) is 2. The molecule has 3 rings (SSSR count). The molecule has 1 heterocycles. The lowest BCUT2D eigenvalue weighted by atomic mass is 10.0. The molecule has 0 saturated carbocycles. The minimum atomic E-state index is -1.03. The van der Waals surface area contributed by atoms with Crippen molar-refractivity contribution in [3.8, 4) is 5.75 Å². The van der Waals surface area contributed by atoms with Crippen molar-refractivity contribution in [3.05, 3.63) is 59.2 Å². The molecule has 2 aromatic carbocycles. The van der Waals surface area contributed by atoms with E-state index < -0.39 is 5.97 Å². The molecule has 26 heavy (non-hydrogen) atoms. The highest BCUT2D eigenvalue weighted by atomic mass is 16.5. The van der Waals surface area contributed by atoms with E-state index in [0.29, 0.717) is 37.3 Å². The van der Waals surface area contributed by atoms with Gasteiger partial charge in [0.2, 0.25) is 5.91 Å². The predicted molar refractivity (Wildman–Crippen MR) is 94.6 cm³/mol. The largest absolute Gasteiger partial charge is 0.492 e. The number of hydrogen-bond acceptors (Lipinski definition) is 4. The van der Waals surface area contributed by atoms with Crippen molar-refractivity contribution in [1.82, 2.24) is 5.32 Å². The van der Waals surface area contributed by atoms with Crippen LogP contribution in [0.1, 0.15) is 32.7 Å². The monoisotopic (exact) mass is 354 g/mol. The third kappa shape index (κ3) is 4.18. The summed E-state index contributed by atoms with van der Waals surface area (Å²) in [5, 5.41) is 14.4. The number of carbonyl (C=O) groups excluding carboxylic acids is 2. The number of carbonyl (C=O) groups is 3. The molecule has 0 spiro atoms. The van der Waals surface area contributed by atoms with Crippen molar-refractivity contribution in [3.63, 3.8) is 0 Å². The first kappa shape index (κ1) is 17.5. The lowest BCUT2D eigenvalue weighted by Crippen LogP contribution is -2.28. The highest BCUT2D eigenvalue weighted by Gasteiger charge is 2.15. The van der Waals surface area contributed by atoms with Gasteiger partial charge in [-0.15, -0.1) is 0 Å². The van der Waals surface area contributed by atoms with Gasteiger partial charge in [0.1, 0.15) is 12.4 Å². The minimum Gasteiger partial charge on any atom is -0.492 e. The van der Waals surface area contributed by atoms with E-state index in [9.17, 15) is 14.4 Å². The molecule has 2 amide bonds. The van der Waals surface area contributed by atoms with Crippen LogP contribution in [0.15, 0.2) is 42.5 Å². The van der Waals surface area contributed by atoms with Crippen LogP contribution in [0.3, 0.4) is 0 Å². The summed E-state index contributed by atoms with van der Waals surface area (Å²) in [4.78, 5) is 34.1. The molecule has 0 bridgehead atoms. The first-order valence-corrected chi connectivity index (χ1v) is 8.20. The third-order valence-electron chi connectivity index (χ3n) is 4.02. The molecular weight excluding hydrogens is 336 g/mol. The van der Waals surface area contributed by atoms with Crippen molar-refractivity contribution < 1.29 is 24.2 Å². The summed E-state index contributed by atoms with van der Waals surface area (Å²) in [5.41, 5.74) is 2.37. The maximum absolute atomic E-state index is 12.0. The smallest absolute Gasteiger partial charge is 0.335 e. The van der Waals surface area contributed by atoms with Crippen molar-refractivity contribution in [2.45, 2.75) is 12.8 Å². The predicted octanol–water partition coefficient (Wildman–Crippen LogP) is 2.08. The molecule has 134 valence electrons. The Morgan fingerprint density at radius 1 is 1.08 bits per heavy atom. The van der Waals surface area contributed by atoms with Gasteiger partial charge < -0.3 is 20.5 Å². The zero-order chi connectivity index (χ0) is 18.5. The molecule has 0 aliphatic carbocycles. The van der Waals surface area contributed by atoms with E-state index in [2.05, 4.69) is 10.6 Å². The highest BCUT2D eigenvalue weighted by molar-refractivity contribution is 5.96. The topological polar surface area (TPSA) is 105 Å². The summed E-state index contributed by atoms with van der Waals surface area (Å²) in [6.07, 6.45) is 1.15. The van der Waals surface area contributed by atoms with Gasteiger partial charge in [-0.25, -0.2) is 4.79 Å². The number of benzene rings is 2. The zero-order valence-corrected chi connectivity index (χ0v) is 14.0. The summed E-state index contributed by atoms with van der Waals surface area (Å²) in [6, 6.07) is 11.2. The standard InChI is InChI=1S/C19H18N2O5/c22-17-8-5-14-11-15(6-7-16(14)21-17)26-10-9-20-18(23)12-1-3-13(4-2-12)19(24)25/h1-4,6-7,11H,5,8-10H2,(H,20,23)(H,21,22)(H,24,25). The van der Waals surface area contributed by atoms with Crippen molar-refractivity contribution >= 4 is 23.5 Å². The highest BCUT2D eigenvalue weighted by Crippen LogP contribution is 2.26. The van der Waals surface area contributed by atoms with E-state index in [-0.39, 0.29) is 17.4 Å². The van der Waals surface area contributed by atoms with Crippen molar-refractivity contribution in [2.75, 3.05) is 18.5 Å². The van der Waals surface area contributed by atoms with Gasteiger partial charge in [0.25, 0.3) is 5.91 Å². The summed E-state index contributed by atoms with van der Waals surface area (Å²) < 4.78 is 5.63. The fourth-order valence-electron chi connectivity index (χ4n) is 2.65. The van der Waals surface area contributed by atoms with Gasteiger partial charge in [-0.1, -0.05) is 0 Å². The lowest BCUT2D eigenvalue weighted by molar-refractivity contribution is -0.116. The normalized spacial score (nSPS) is 12.7. The van der Waals surface area contributed by atoms with Crippen LogP contribution in [-0.2, 0) is 11.2 Å². The van der Waals surface area contributed by atoms with E-state index in [4.69, 9.17) is 9.84 Å². The number of carboxylic acid groups (broad SMARTS) is 1. The average Bonchev–Trinajstić information content (AvgIpc) is 2.65. The molecule has 1 aliphatic heterocycles. The summed E-state index contributed by atoms with van der Waals surface area (Å²) >= 11 is 0. The summed E-state index contributed by atoms with van der Waals surface area (Å²) in [6.45, 7) is 0.609. The number of carboxylic acids is 1. The first-order valence-electron chi connectivity index (χ1n) is 8.20. The lowest BCUT2D eigenvalue weighted by Gasteiger charge is -2.17. The molecule has 0 saturated heterocycles. The number of fused-ring (bicyclic) bond motifs is 1. The molecule has 1 aliphatic rings. The van der Waals surface area contributed by atoms with Crippen LogP contribution in [0, 0.1) is 0 Å². The number of aryl methyl sites for hydroxylation is 1. The molecule has 0 fully saturated rings. The van der Waals surface area contributed by atoms with Crippen LogP contribution in [-0.4, -0.2) is 36.0 Å². The second kappa shape index (κ2) is 7.69. The number of aromatic carboxylic acids is 1. The van der Waals surface area contributed by atoms with E-state index in [1.165, 1.54) is 24.3 Å². The molecule has 2 aromatic rings. The van der Waals surface area contributed by atoms with E-state index in [1.807, 2.05) is 12.1 Å². The SMILES string of the molecule is O=C1CCc2cc(OCCNC(=O)c3ccc(C(=O)O)cc3)ccc2N1. The van der Waals surface area contributed by atoms with E-state index >= 15 is 0 Å². The van der Waals surface area contributed by atoms with Crippen molar-refractivity contribution in [1.29, 1.82) is 0 Å². The second-order valence-electron chi connectivity index (χ2n) is 5.85. The fourth-order valence-corrected chi connectivity index (χ4v) is 2.65. The van der Waals surface area contributed by atoms with E-state index in [0.717, 1.165) is 11.3 Å². The number of anilines is 1. The fraction of sp³-hybridized carbons (Fsp3) is 0.211. The number of amides is 2. The molecular formula is C19H18N2O5. The average molecular weight is 354 g/mol. The number of rotatable bonds is 6. The summed E-state index contributed by atoms with van der Waals surface area (Å²) in [5.74, 6) is -0.626. The Labute approximate surface area is 150 Å². The van der Waals surface area contributed by atoms with Gasteiger partial charge in [-0.3, -0.25) is 9.59 Å². The van der Waals surface area contributed by atoms with Crippen LogP contribution in [0.5, 0.6) is 5.75 Å². The Morgan fingerprint density at radius 3 is 2.54 bits per heavy atom. The molecule has 7 heteroatoms. The minimum absolute atomic E-state index is 0.0188. The van der Waals surface area contributed by atoms with Gasteiger partial charge in [0.05, 0.1) is 12.1 Å². The van der Waals surface area contributed by atoms with Gasteiger partial charge >= 0.3 is 5.97 Å². The van der Waals surface area contributed by atoms with E-state index in [1.54, 1.807) is 6.07 Å². The molecule has 0 unspecified atom stereocenters. The Hall–Kier alpha value is -3.35. The van der Waals surface area contributed by atoms with Crippen LogP contribution in [0.2, 0.25) is 0 Å². The number of hydrogen-bond donors (Lipinski definition) is 3. The first-order chi connectivity index (χ1) is 12.5. The second-order valence-corrected chi connectivity index (χ2v) is 5.85. The quantitative estimate of drug-likeness (QED) is 0.689. The van der Waals surface area contributed by atoms with Crippen LogP contribution in [0.4, 0.5) is 5.69 Å². The van der Waals surface area contributed by atoms with Gasteiger partial charge in [0.15, 0.2) is 0 Å². The molecule has 0 atom stereocenters. The molecule has 7 nitrogen and oxygen atoms in total. The van der Waals surface area contributed by atoms with Gasteiger partial charge in [-0.05, 0) is 54.4 Å². The maximum Gasteiger partial charge on any atom is 0.335 e. The van der Waals surface area contributed by atoms with Gasteiger partial charge in [0, 0.05) is 17.7 Å². The molecule has 0 radical (unpaired) electrons. The Bertz CT molecular complexity index is 846. The maximum atomic E-state index is 12.0. The van der Waals surface area contributed by atoms with Crippen LogP contribution < -0.4 is 15.4 Å². The molecule has 0 aromatic heterocycles. The number of ether oxygens (including phenoxy) is 1. The Kier molecular flexibility index (Phi) is 5.17. The Balaban J connectivity index is 1.47. The van der Waals surface area contributed by atoms with Crippen LogP contribution >= 0.6 is 0 Å². The summed E-state index contributed by atoms with van der Waals surface area (Å²) in [7, 11) is 0. The Morgan fingerprint density at radius 2 is 1.81 bits per heavy atom.